The highest BCUT2D eigenvalue weighted by Gasteiger charge is 2.30. The zero-order valence-electron chi connectivity index (χ0n) is 10.3. The van der Waals surface area contributed by atoms with Gasteiger partial charge in [0.1, 0.15) is 6.29 Å². The average molecular weight is 241 g/mol. The van der Waals surface area contributed by atoms with Crippen molar-refractivity contribution in [1.82, 2.24) is 14.8 Å². The summed E-state index contributed by atoms with van der Waals surface area (Å²) in [6.45, 7) is 2.02. The molecular weight excluding hydrogens is 226 g/mol. The Morgan fingerprint density at radius 1 is 1.33 bits per heavy atom. The molecule has 92 valence electrons. The van der Waals surface area contributed by atoms with Crippen LogP contribution in [0, 0.1) is 12.8 Å². The summed E-state index contributed by atoms with van der Waals surface area (Å²) in [4.78, 5) is 15.0. The monoisotopic (exact) mass is 241 g/mol. The van der Waals surface area contributed by atoms with Gasteiger partial charge < -0.3 is 4.79 Å². The number of nitrogens with zero attached hydrogens (tertiary/aromatic N) is 3. The van der Waals surface area contributed by atoms with Crippen LogP contribution in [0.1, 0.15) is 24.4 Å². The number of aromatic nitrogens is 3. The molecule has 4 heteroatoms. The van der Waals surface area contributed by atoms with Crippen molar-refractivity contribution in [2.75, 3.05) is 0 Å². The maximum atomic E-state index is 10.6. The Bertz CT molecular complexity index is 553. The summed E-state index contributed by atoms with van der Waals surface area (Å²) in [5.41, 5.74) is 3.13. The van der Waals surface area contributed by atoms with Crippen molar-refractivity contribution in [1.29, 1.82) is 0 Å². The molecule has 1 saturated carbocycles. The standard InChI is InChI=1S/C14H15N3O/c1-10-2-3-14(15-6-10)12-7-16-17(8-12)13-4-11(5-13)9-18/h2-3,6-9,11,13H,4-5H2,1H3. The lowest BCUT2D eigenvalue weighted by atomic mass is 9.81. The largest absolute Gasteiger partial charge is 0.303 e. The summed E-state index contributed by atoms with van der Waals surface area (Å²) in [6, 6.07) is 4.43. The van der Waals surface area contributed by atoms with Crippen LogP contribution in [-0.4, -0.2) is 21.1 Å². The van der Waals surface area contributed by atoms with Crippen molar-refractivity contribution in [3.8, 4) is 11.3 Å². The van der Waals surface area contributed by atoms with Gasteiger partial charge in [-0.3, -0.25) is 9.67 Å². The molecule has 2 heterocycles. The van der Waals surface area contributed by atoms with Crippen molar-refractivity contribution in [3.63, 3.8) is 0 Å². The third kappa shape index (κ3) is 1.94. The zero-order chi connectivity index (χ0) is 12.5. The highest BCUT2D eigenvalue weighted by atomic mass is 16.1. The summed E-state index contributed by atoms with van der Waals surface area (Å²) in [5.74, 6) is 0.222. The first-order valence-electron chi connectivity index (χ1n) is 6.19. The van der Waals surface area contributed by atoms with E-state index < -0.39 is 0 Å². The van der Waals surface area contributed by atoms with Crippen LogP contribution in [0.25, 0.3) is 11.3 Å². The SMILES string of the molecule is Cc1ccc(-c2cnn(C3CC(C=O)C3)c2)nc1. The van der Waals surface area contributed by atoms with Crippen LogP contribution < -0.4 is 0 Å². The Balaban J connectivity index is 1.77. The fourth-order valence-electron chi connectivity index (χ4n) is 2.27. The second-order valence-corrected chi connectivity index (χ2v) is 4.95. The van der Waals surface area contributed by atoms with Crippen LogP contribution in [0.5, 0.6) is 0 Å². The van der Waals surface area contributed by atoms with Gasteiger partial charge in [-0.1, -0.05) is 6.07 Å². The predicted octanol–water partition coefficient (Wildman–Crippen LogP) is 2.40. The lowest BCUT2D eigenvalue weighted by Crippen LogP contribution is -2.27. The molecule has 0 bridgehead atoms. The van der Waals surface area contributed by atoms with Crippen LogP contribution in [0.15, 0.2) is 30.7 Å². The van der Waals surface area contributed by atoms with Crippen molar-refractivity contribution < 1.29 is 4.79 Å². The number of carbonyl (C=O) groups is 1. The lowest BCUT2D eigenvalue weighted by Gasteiger charge is -2.31. The predicted molar refractivity (Wildman–Crippen MR) is 68.0 cm³/mol. The summed E-state index contributed by atoms with van der Waals surface area (Å²) < 4.78 is 1.96. The molecule has 2 aromatic rings. The molecule has 0 aliphatic heterocycles. The Morgan fingerprint density at radius 3 is 2.83 bits per heavy atom. The highest BCUT2D eigenvalue weighted by molar-refractivity contribution is 5.57. The molecular formula is C14H15N3O. The molecule has 0 saturated heterocycles. The quantitative estimate of drug-likeness (QED) is 0.775. The summed E-state index contributed by atoms with van der Waals surface area (Å²) >= 11 is 0. The van der Waals surface area contributed by atoms with Crippen LogP contribution in [0.2, 0.25) is 0 Å². The lowest BCUT2D eigenvalue weighted by molar-refractivity contribution is -0.114. The first kappa shape index (κ1) is 11.1. The number of aldehydes is 1. The number of hydrogen-bond donors (Lipinski definition) is 0. The Hall–Kier alpha value is -1.97. The van der Waals surface area contributed by atoms with E-state index in [1.165, 1.54) is 0 Å². The first-order valence-corrected chi connectivity index (χ1v) is 6.19. The van der Waals surface area contributed by atoms with Gasteiger partial charge in [-0.05, 0) is 31.4 Å². The van der Waals surface area contributed by atoms with Gasteiger partial charge in [0.25, 0.3) is 0 Å². The molecule has 1 fully saturated rings. The molecule has 1 aliphatic rings. The summed E-state index contributed by atoms with van der Waals surface area (Å²) in [5, 5.41) is 4.37. The minimum Gasteiger partial charge on any atom is -0.303 e. The van der Waals surface area contributed by atoms with Gasteiger partial charge in [0.05, 0.1) is 17.9 Å². The molecule has 4 nitrogen and oxygen atoms in total. The van der Waals surface area contributed by atoms with Gasteiger partial charge in [-0.15, -0.1) is 0 Å². The molecule has 0 aromatic carbocycles. The number of pyridine rings is 1. The molecule has 0 spiro atoms. The number of rotatable bonds is 3. The van der Waals surface area contributed by atoms with E-state index in [-0.39, 0.29) is 5.92 Å². The highest BCUT2D eigenvalue weighted by Crippen LogP contribution is 2.36. The van der Waals surface area contributed by atoms with E-state index in [1.54, 1.807) is 0 Å². The first-order chi connectivity index (χ1) is 8.76. The fourth-order valence-corrected chi connectivity index (χ4v) is 2.27. The van der Waals surface area contributed by atoms with Crippen LogP contribution in [0.4, 0.5) is 0 Å². The second kappa shape index (κ2) is 4.37. The average Bonchev–Trinajstić information content (AvgIpc) is 2.78. The summed E-state index contributed by atoms with van der Waals surface area (Å²) in [6.07, 6.45) is 8.58. The van der Waals surface area contributed by atoms with E-state index in [2.05, 4.69) is 10.1 Å². The maximum Gasteiger partial charge on any atom is 0.123 e. The molecule has 0 radical (unpaired) electrons. The molecule has 1 aliphatic carbocycles. The normalized spacial score (nSPS) is 22.5. The van der Waals surface area contributed by atoms with Gasteiger partial charge in [0.15, 0.2) is 0 Å². The molecule has 18 heavy (non-hydrogen) atoms. The molecule has 0 amide bonds. The van der Waals surface area contributed by atoms with E-state index in [9.17, 15) is 4.79 Å². The van der Waals surface area contributed by atoms with Gasteiger partial charge in [0.2, 0.25) is 0 Å². The molecule has 2 aromatic heterocycles. The van der Waals surface area contributed by atoms with Crippen molar-refractivity contribution >= 4 is 6.29 Å². The number of hydrogen-bond acceptors (Lipinski definition) is 3. The van der Waals surface area contributed by atoms with Crippen molar-refractivity contribution in [2.45, 2.75) is 25.8 Å². The Kier molecular flexibility index (Phi) is 2.70. The topological polar surface area (TPSA) is 47.8 Å². The van der Waals surface area contributed by atoms with Gasteiger partial charge in [-0.25, -0.2) is 0 Å². The van der Waals surface area contributed by atoms with Crippen LogP contribution in [-0.2, 0) is 4.79 Å². The number of carbonyl (C=O) groups excluding carboxylic acids is 1. The minimum atomic E-state index is 0.222. The van der Waals surface area contributed by atoms with Gasteiger partial charge in [0, 0.05) is 23.9 Å². The van der Waals surface area contributed by atoms with E-state index >= 15 is 0 Å². The van der Waals surface area contributed by atoms with Crippen molar-refractivity contribution in [2.24, 2.45) is 5.92 Å². The Morgan fingerprint density at radius 2 is 2.17 bits per heavy atom. The molecule has 0 atom stereocenters. The summed E-state index contributed by atoms with van der Waals surface area (Å²) in [7, 11) is 0. The Labute approximate surface area is 106 Å². The van der Waals surface area contributed by atoms with Crippen LogP contribution in [0.3, 0.4) is 0 Å². The smallest absolute Gasteiger partial charge is 0.123 e. The van der Waals surface area contributed by atoms with E-state index in [0.29, 0.717) is 6.04 Å². The maximum absolute atomic E-state index is 10.6. The minimum absolute atomic E-state index is 0.222. The van der Waals surface area contributed by atoms with E-state index in [0.717, 1.165) is 35.9 Å². The fraction of sp³-hybridized carbons (Fsp3) is 0.357. The second-order valence-electron chi connectivity index (χ2n) is 4.95. The van der Waals surface area contributed by atoms with E-state index in [4.69, 9.17) is 0 Å². The third-order valence-corrected chi connectivity index (χ3v) is 3.52. The van der Waals surface area contributed by atoms with Crippen LogP contribution >= 0.6 is 0 Å². The third-order valence-electron chi connectivity index (χ3n) is 3.52. The molecule has 0 unspecified atom stereocenters. The van der Waals surface area contributed by atoms with Crippen molar-refractivity contribution in [3.05, 3.63) is 36.3 Å². The van der Waals surface area contributed by atoms with Gasteiger partial charge in [-0.2, -0.15) is 5.10 Å². The zero-order valence-corrected chi connectivity index (χ0v) is 10.3. The van der Waals surface area contributed by atoms with E-state index in [1.807, 2.05) is 42.3 Å². The molecule has 0 N–H and O–H groups in total. The van der Waals surface area contributed by atoms with Gasteiger partial charge >= 0.3 is 0 Å². The number of aryl methyl sites for hydroxylation is 1. The molecule has 3 rings (SSSR count).